The number of benzene rings is 2. The summed E-state index contributed by atoms with van der Waals surface area (Å²) >= 11 is 0. The van der Waals surface area contributed by atoms with Crippen LogP contribution in [0, 0.1) is 17.5 Å². The second-order valence-electron chi connectivity index (χ2n) is 6.86. The Morgan fingerprint density at radius 3 is 2.32 bits per heavy atom. The largest absolute Gasteiger partial charge is 0.488 e. The summed E-state index contributed by atoms with van der Waals surface area (Å²) in [7, 11) is 0. The molecule has 5 nitrogen and oxygen atoms in total. The molecule has 2 aromatic rings. The van der Waals surface area contributed by atoms with Crippen LogP contribution in [0.25, 0.3) is 0 Å². The van der Waals surface area contributed by atoms with Crippen LogP contribution in [-0.2, 0) is 4.79 Å². The van der Waals surface area contributed by atoms with E-state index >= 15 is 0 Å². The zero-order valence-electron chi connectivity index (χ0n) is 15.4. The first kappa shape index (κ1) is 20.2. The van der Waals surface area contributed by atoms with E-state index in [9.17, 15) is 18.0 Å². The van der Waals surface area contributed by atoms with Gasteiger partial charge in [0, 0.05) is 0 Å². The molecule has 8 heteroatoms. The number of halogens is 3. The fraction of sp³-hybridized carbons (Fsp3) is 0.350. The Morgan fingerprint density at radius 2 is 1.61 bits per heavy atom. The molecule has 3 N–H and O–H groups in total. The average Bonchev–Trinajstić information content (AvgIpc) is 2.71. The van der Waals surface area contributed by atoms with Gasteiger partial charge in [-0.3, -0.25) is 4.79 Å². The van der Waals surface area contributed by atoms with Crippen LogP contribution in [-0.4, -0.2) is 51.8 Å². The molecule has 1 fully saturated rings. The molecule has 0 aliphatic carbocycles. The third kappa shape index (κ3) is 5.46. The monoisotopic (exact) mass is 395 g/mol. The number of hydrogen-bond acceptors (Lipinski definition) is 2. The number of carbonyl (C=O) groups excluding carboxylic acids is 1. The molecule has 0 unspecified atom stereocenters. The quantitative estimate of drug-likeness (QED) is 0.574. The molecule has 28 heavy (non-hydrogen) atoms. The Hall–Kier alpha value is -2.58. The number of ether oxygens (including phenoxy) is 1. The summed E-state index contributed by atoms with van der Waals surface area (Å²) in [6, 6.07) is 11.5. The minimum Gasteiger partial charge on any atom is -0.488 e. The van der Waals surface area contributed by atoms with E-state index in [2.05, 4.69) is 5.32 Å². The smallest absolute Gasteiger partial charge is 0.279 e. The molecular weight excluding hydrogens is 371 g/mol. The predicted molar refractivity (Wildman–Crippen MR) is 98.0 cm³/mol. The van der Waals surface area contributed by atoms with Gasteiger partial charge in [0.25, 0.3) is 5.91 Å². The molecular formula is C20H24F3N3O2+2. The van der Waals surface area contributed by atoms with Gasteiger partial charge >= 0.3 is 0 Å². The highest BCUT2D eigenvalue weighted by atomic mass is 19.2. The van der Waals surface area contributed by atoms with Crippen molar-refractivity contribution in [2.24, 2.45) is 0 Å². The maximum atomic E-state index is 13.6. The van der Waals surface area contributed by atoms with Crippen molar-refractivity contribution in [3.8, 4) is 5.75 Å². The number of hydrogen-bond donors (Lipinski definition) is 3. The molecule has 0 radical (unpaired) electrons. The van der Waals surface area contributed by atoms with Crippen molar-refractivity contribution in [3.05, 3.63) is 59.9 Å². The summed E-state index contributed by atoms with van der Waals surface area (Å²) in [6.07, 6.45) is 0. The Morgan fingerprint density at radius 1 is 0.929 bits per heavy atom. The maximum absolute atomic E-state index is 13.6. The molecule has 1 aliphatic rings. The highest BCUT2D eigenvalue weighted by Gasteiger charge is 2.25. The van der Waals surface area contributed by atoms with E-state index in [4.69, 9.17) is 4.74 Å². The van der Waals surface area contributed by atoms with E-state index in [0.717, 1.165) is 55.5 Å². The van der Waals surface area contributed by atoms with E-state index in [1.165, 1.54) is 4.90 Å². The fourth-order valence-electron chi connectivity index (χ4n) is 3.26. The molecule has 1 aliphatic heterocycles. The van der Waals surface area contributed by atoms with Gasteiger partial charge in [0.1, 0.15) is 45.1 Å². The molecule has 0 bridgehead atoms. The van der Waals surface area contributed by atoms with Gasteiger partial charge in [-0.05, 0) is 24.3 Å². The first-order valence-corrected chi connectivity index (χ1v) is 9.31. The van der Waals surface area contributed by atoms with Crippen molar-refractivity contribution in [2.45, 2.75) is 0 Å². The molecule has 0 spiro atoms. The molecule has 1 heterocycles. The highest BCUT2D eigenvalue weighted by Crippen LogP contribution is 2.19. The maximum Gasteiger partial charge on any atom is 0.279 e. The van der Waals surface area contributed by atoms with Gasteiger partial charge in [-0.1, -0.05) is 18.2 Å². The number of piperazine rings is 1. The van der Waals surface area contributed by atoms with Crippen LogP contribution >= 0.6 is 0 Å². The van der Waals surface area contributed by atoms with Crippen molar-refractivity contribution in [1.29, 1.82) is 0 Å². The second-order valence-corrected chi connectivity index (χ2v) is 6.86. The number of anilines is 1. The number of para-hydroxylation sites is 1. The summed E-state index contributed by atoms with van der Waals surface area (Å²) in [6.45, 7) is 5.08. The van der Waals surface area contributed by atoms with Crippen molar-refractivity contribution in [3.63, 3.8) is 0 Å². The van der Waals surface area contributed by atoms with E-state index < -0.39 is 23.4 Å². The summed E-state index contributed by atoms with van der Waals surface area (Å²) in [5.41, 5.74) is -0.342. The number of carbonyl (C=O) groups is 1. The van der Waals surface area contributed by atoms with Gasteiger partial charge in [0.05, 0.1) is 5.69 Å². The number of quaternary nitrogens is 2. The van der Waals surface area contributed by atoms with Gasteiger partial charge in [-0.2, -0.15) is 0 Å². The number of rotatable bonds is 7. The zero-order valence-corrected chi connectivity index (χ0v) is 15.4. The summed E-state index contributed by atoms with van der Waals surface area (Å²) in [5.74, 6) is -3.81. The van der Waals surface area contributed by atoms with E-state index in [-0.39, 0.29) is 12.2 Å². The van der Waals surface area contributed by atoms with Gasteiger partial charge in [-0.15, -0.1) is 0 Å². The normalized spacial score (nSPS) is 19.2. The SMILES string of the molecule is O=C(C[NH+]1CC[NH+](CCOc2ccccc2)CC1)Nc1ccc(F)c(F)c1F. The summed E-state index contributed by atoms with van der Waals surface area (Å²) in [5, 5.41) is 2.32. The van der Waals surface area contributed by atoms with Gasteiger partial charge in [0.2, 0.25) is 0 Å². The minimum atomic E-state index is -1.58. The van der Waals surface area contributed by atoms with Crippen LogP contribution in [0.3, 0.4) is 0 Å². The van der Waals surface area contributed by atoms with Crippen molar-refractivity contribution < 1.29 is 32.5 Å². The predicted octanol–water partition coefficient (Wildman–Crippen LogP) is -0.0952. The first-order chi connectivity index (χ1) is 13.5. The van der Waals surface area contributed by atoms with Crippen LogP contribution < -0.4 is 19.9 Å². The lowest BCUT2D eigenvalue weighted by atomic mass is 10.2. The van der Waals surface area contributed by atoms with Crippen molar-refractivity contribution in [2.75, 3.05) is 51.2 Å². The summed E-state index contributed by atoms with van der Waals surface area (Å²) < 4.78 is 45.5. The molecule has 1 saturated heterocycles. The van der Waals surface area contributed by atoms with Gasteiger partial charge in [0.15, 0.2) is 24.0 Å². The lowest BCUT2D eigenvalue weighted by molar-refractivity contribution is -1.01. The van der Waals surface area contributed by atoms with E-state index in [1.54, 1.807) is 0 Å². The molecule has 3 rings (SSSR count). The molecule has 2 aromatic carbocycles. The Labute approximate surface area is 161 Å². The molecule has 150 valence electrons. The van der Waals surface area contributed by atoms with Crippen LogP contribution in [0.15, 0.2) is 42.5 Å². The molecule has 0 saturated carbocycles. The fourth-order valence-corrected chi connectivity index (χ4v) is 3.26. The zero-order chi connectivity index (χ0) is 19.9. The molecule has 1 amide bonds. The lowest BCUT2D eigenvalue weighted by Crippen LogP contribution is -3.28. The molecule has 0 atom stereocenters. The topological polar surface area (TPSA) is 47.2 Å². The third-order valence-corrected chi connectivity index (χ3v) is 4.85. The van der Waals surface area contributed by atoms with E-state index in [1.807, 2.05) is 30.3 Å². The van der Waals surface area contributed by atoms with Crippen molar-refractivity contribution >= 4 is 11.6 Å². The van der Waals surface area contributed by atoms with Crippen LogP contribution in [0.4, 0.5) is 18.9 Å². The first-order valence-electron chi connectivity index (χ1n) is 9.31. The van der Waals surface area contributed by atoms with Crippen molar-refractivity contribution in [1.82, 2.24) is 0 Å². The Kier molecular flexibility index (Phi) is 6.89. The third-order valence-electron chi connectivity index (χ3n) is 4.85. The number of nitrogens with one attached hydrogen (secondary N) is 3. The Bertz CT molecular complexity index is 797. The lowest BCUT2D eigenvalue weighted by Gasteiger charge is -2.29. The summed E-state index contributed by atoms with van der Waals surface area (Å²) in [4.78, 5) is 14.6. The average molecular weight is 395 g/mol. The standard InChI is InChI=1S/C20H22F3N3O2/c21-16-6-7-17(20(23)19(16)22)24-18(27)14-26-10-8-25(9-11-26)12-13-28-15-4-2-1-3-5-15/h1-7H,8-14H2,(H,24,27)/p+2. The Balaban J connectivity index is 1.38. The molecule has 0 aromatic heterocycles. The minimum absolute atomic E-state index is 0.159. The van der Waals surface area contributed by atoms with Crippen LogP contribution in [0.2, 0.25) is 0 Å². The van der Waals surface area contributed by atoms with E-state index in [0.29, 0.717) is 6.61 Å². The van der Waals surface area contributed by atoms with Crippen LogP contribution in [0.5, 0.6) is 5.75 Å². The second kappa shape index (κ2) is 9.57. The van der Waals surface area contributed by atoms with Gasteiger partial charge < -0.3 is 19.9 Å². The van der Waals surface area contributed by atoms with Gasteiger partial charge in [-0.25, -0.2) is 13.2 Å². The highest BCUT2D eigenvalue weighted by molar-refractivity contribution is 5.91. The number of amides is 1. The van der Waals surface area contributed by atoms with Crippen LogP contribution in [0.1, 0.15) is 0 Å².